The van der Waals surface area contributed by atoms with Crippen molar-refractivity contribution in [3.05, 3.63) is 36.5 Å². The summed E-state index contributed by atoms with van der Waals surface area (Å²) in [4.78, 5) is 2.56. The summed E-state index contributed by atoms with van der Waals surface area (Å²) in [5.41, 5.74) is 0. The Balaban J connectivity index is 2.23. The number of piperidine rings is 1. The van der Waals surface area contributed by atoms with E-state index in [1.165, 1.54) is 25.8 Å². The molecule has 0 radical (unpaired) electrons. The van der Waals surface area contributed by atoms with Gasteiger partial charge in [-0.05, 0) is 33.2 Å². The van der Waals surface area contributed by atoms with Gasteiger partial charge in [-0.15, -0.1) is 0 Å². The van der Waals surface area contributed by atoms with Crippen LogP contribution >= 0.6 is 0 Å². The van der Waals surface area contributed by atoms with Crippen LogP contribution in [0.15, 0.2) is 36.5 Å². The third-order valence-electron chi connectivity index (χ3n) is 2.94. The molecule has 0 aliphatic carbocycles. The standard InChI is InChI=1S/C14H23N/c1-3-4-5-6-7-9-12-15-13-10-8-11-14(15)2/h3-7,9,14H,8,10-13H2,1-2H3/b4-3-,6-5-,9-7+. The van der Waals surface area contributed by atoms with Gasteiger partial charge >= 0.3 is 0 Å². The molecule has 84 valence electrons. The van der Waals surface area contributed by atoms with E-state index in [1.807, 2.05) is 19.1 Å². The van der Waals surface area contributed by atoms with E-state index in [1.54, 1.807) is 0 Å². The van der Waals surface area contributed by atoms with E-state index in [2.05, 4.69) is 36.1 Å². The van der Waals surface area contributed by atoms with Crippen LogP contribution in [0.2, 0.25) is 0 Å². The van der Waals surface area contributed by atoms with Gasteiger partial charge in [-0.2, -0.15) is 0 Å². The van der Waals surface area contributed by atoms with Crippen molar-refractivity contribution in [1.82, 2.24) is 4.90 Å². The summed E-state index contributed by atoms with van der Waals surface area (Å²) >= 11 is 0. The van der Waals surface area contributed by atoms with Gasteiger partial charge in [-0.1, -0.05) is 42.9 Å². The van der Waals surface area contributed by atoms with Gasteiger partial charge in [0.1, 0.15) is 0 Å². The minimum atomic E-state index is 0.767. The zero-order valence-corrected chi connectivity index (χ0v) is 10.0. The number of hydrogen-bond acceptors (Lipinski definition) is 1. The monoisotopic (exact) mass is 205 g/mol. The molecule has 1 unspecified atom stereocenters. The fraction of sp³-hybridized carbons (Fsp3) is 0.571. The zero-order chi connectivity index (χ0) is 10.9. The Morgan fingerprint density at radius 3 is 2.67 bits per heavy atom. The summed E-state index contributed by atoms with van der Waals surface area (Å²) in [6.07, 6.45) is 16.8. The minimum absolute atomic E-state index is 0.767. The Morgan fingerprint density at radius 2 is 1.93 bits per heavy atom. The van der Waals surface area contributed by atoms with Crippen molar-refractivity contribution in [3.63, 3.8) is 0 Å². The second-order valence-corrected chi connectivity index (χ2v) is 4.18. The molecule has 0 aromatic carbocycles. The molecule has 1 fully saturated rings. The predicted octanol–water partition coefficient (Wildman–Crippen LogP) is 3.55. The van der Waals surface area contributed by atoms with Crippen molar-refractivity contribution < 1.29 is 0 Å². The number of likely N-dealkylation sites (tertiary alicyclic amines) is 1. The van der Waals surface area contributed by atoms with Gasteiger partial charge in [0.15, 0.2) is 0 Å². The van der Waals surface area contributed by atoms with Crippen LogP contribution in [0.4, 0.5) is 0 Å². The molecule has 0 amide bonds. The van der Waals surface area contributed by atoms with E-state index in [0.29, 0.717) is 0 Å². The van der Waals surface area contributed by atoms with Crippen LogP contribution in [0.25, 0.3) is 0 Å². The lowest BCUT2D eigenvalue weighted by atomic mass is 10.0. The summed E-state index contributed by atoms with van der Waals surface area (Å²) in [7, 11) is 0. The fourth-order valence-corrected chi connectivity index (χ4v) is 1.94. The highest BCUT2D eigenvalue weighted by molar-refractivity contribution is 5.10. The highest BCUT2D eigenvalue weighted by Gasteiger charge is 2.15. The van der Waals surface area contributed by atoms with Crippen LogP contribution in [0, 0.1) is 0 Å². The molecular weight excluding hydrogens is 182 g/mol. The molecule has 1 aliphatic heterocycles. The maximum atomic E-state index is 2.56. The number of rotatable bonds is 4. The third-order valence-corrected chi connectivity index (χ3v) is 2.94. The Labute approximate surface area is 94.2 Å². The molecule has 0 saturated carbocycles. The lowest BCUT2D eigenvalue weighted by Gasteiger charge is -2.32. The number of nitrogens with zero attached hydrogens (tertiary/aromatic N) is 1. The van der Waals surface area contributed by atoms with Crippen LogP contribution < -0.4 is 0 Å². The zero-order valence-electron chi connectivity index (χ0n) is 10.0. The minimum Gasteiger partial charge on any atom is -0.297 e. The highest BCUT2D eigenvalue weighted by atomic mass is 15.1. The lowest BCUT2D eigenvalue weighted by molar-refractivity contribution is 0.179. The maximum Gasteiger partial charge on any atom is 0.0169 e. The van der Waals surface area contributed by atoms with Gasteiger partial charge in [-0.25, -0.2) is 0 Å². The molecule has 0 aromatic rings. The molecule has 0 aromatic heterocycles. The smallest absolute Gasteiger partial charge is 0.0169 e. The molecule has 1 saturated heterocycles. The van der Waals surface area contributed by atoms with Gasteiger partial charge in [-0.3, -0.25) is 4.90 Å². The van der Waals surface area contributed by atoms with E-state index < -0.39 is 0 Å². The van der Waals surface area contributed by atoms with Crippen LogP contribution in [-0.4, -0.2) is 24.0 Å². The molecular formula is C14H23N. The molecule has 0 N–H and O–H groups in total. The molecule has 1 nitrogen and oxygen atoms in total. The second kappa shape index (κ2) is 7.47. The molecule has 1 atom stereocenters. The Hall–Kier alpha value is -0.820. The van der Waals surface area contributed by atoms with Crippen LogP contribution in [0.3, 0.4) is 0 Å². The normalized spacial score (nSPS) is 24.8. The fourth-order valence-electron chi connectivity index (χ4n) is 1.94. The topological polar surface area (TPSA) is 3.24 Å². The van der Waals surface area contributed by atoms with Crippen molar-refractivity contribution in [2.45, 2.75) is 39.2 Å². The first-order valence-corrected chi connectivity index (χ1v) is 6.03. The first kappa shape index (κ1) is 12.3. The summed E-state index contributed by atoms with van der Waals surface area (Å²) in [6.45, 7) is 6.73. The van der Waals surface area contributed by atoms with E-state index >= 15 is 0 Å². The molecule has 1 heterocycles. The summed E-state index contributed by atoms with van der Waals surface area (Å²) in [5.74, 6) is 0. The molecule has 0 bridgehead atoms. The van der Waals surface area contributed by atoms with Crippen LogP contribution in [0.1, 0.15) is 33.1 Å². The first-order chi connectivity index (χ1) is 7.34. The number of allylic oxidation sites excluding steroid dienone is 5. The number of hydrogen-bond donors (Lipinski definition) is 0. The molecule has 1 rings (SSSR count). The summed E-state index contributed by atoms with van der Waals surface area (Å²) in [6, 6.07) is 0.767. The van der Waals surface area contributed by atoms with E-state index in [-0.39, 0.29) is 0 Å². The summed E-state index contributed by atoms with van der Waals surface area (Å²) < 4.78 is 0. The largest absolute Gasteiger partial charge is 0.297 e. The van der Waals surface area contributed by atoms with Gasteiger partial charge in [0.25, 0.3) is 0 Å². The highest BCUT2D eigenvalue weighted by Crippen LogP contribution is 2.15. The van der Waals surface area contributed by atoms with Crippen molar-refractivity contribution in [2.24, 2.45) is 0 Å². The van der Waals surface area contributed by atoms with Crippen molar-refractivity contribution in [2.75, 3.05) is 13.1 Å². The van der Waals surface area contributed by atoms with Gasteiger partial charge < -0.3 is 0 Å². The Bertz CT molecular complexity index is 238. The average Bonchev–Trinajstić information content (AvgIpc) is 2.25. The van der Waals surface area contributed by atoms with E-state index in [4.69, 9.17) is 0 Å². The molecule has 15 heavy (non-hydrogen) atoms. The Morgan fingerprint density at radius 1 is 1.13 bits per heavy atom. The first-order valence-electron chi connectivity index (χ1n) is 6.03. The van der Waals surface area contributed by atoms with Crippen molar-refractivity contribution >= 4 is 0 Å². The van der Waals surface area contributed by atoms with Crippen molar-refractivity contribution in [1.29, 1.82) is 0 Å². The van der Waals surface area contributed by atoms with Gasteiger partial charge in [0, 0.05) is 12.6 Å². The SMILES string of the molecule is C\C=C/C=C\C=C\CN1CCCCC1C. The molecule has 1 aliphatic rings. The maximum absolute atomic E-state index is 2.56. The summed E-state index contributed by atoms with van der Waals surface area (Å²) in [5, 5.41) is 0. The van der Waals surface area contributed by atoms with Crippen LogP contribution in [-0.2, 0) is 0 Å². The average molecular weight is 205 g/mol. The van der Waals surface area contributed by atoms with Crippen LogP contribution in [0.5, 0.6) is 0 Å². The van der Waals surface area contributed by atoms with E-state index in [0.717, 1.165) is 12.6 Å². The van der Waals surface area contributed by atoms with Gasteiger partial charge in [0.2, 0.25) is 0 Å². The van der Waals surface area contributed by atoms with Gasteiger partial charge in [0.05, 0.1) is 0 Å². The predicted molar refractivity (Wildman–Crippen MR) is 68.0 cm³/mol. The quantitative estimate of drug-likeness (QED) is 0.634. The van der Waals surface area contributed by atoms with E-state index in [9.17, 15) is 0 Å². The molecule has 1 heteroatoms. The third kappa shape index (κ3) is 4.98. The van der Waals surface area contributed by atoms with Crippen molar-refractivity contribution in [3.8, 4) is 0 Å². The molecule has 0 spiro atoms. The Kier molecular flexibility index (Phi) is 6.10. The lowest BCUT2D eigenvalue weighted by Crippen LogP contribution is -2.37. The second-order valence-electron chi connectivity index (χ2n) is 4.18.